The van der Waals surface area contributed by atoms with Gasteiger partial charge in [-0.15, -0.1) is 11.3 Å². The van der Waals surface area contributed by atoms with Gasteiger partial charge in [0.1, 0.15) is 10.8 Å². The Bertz CT molecular complexity index is 1270. The Morgan fingerprint density at radius 2 is 1.76 bits per heavy atom. The molecule has 0 aliphatic heterocycles. The number of ether oxygens (including phenoxy) is 2. The quantitative estimate of drug-likeness (QED) is 0.380. The Morgan fingerprint density at radius 3 is 2.38 bits per heavy atom. The molecule has 1 atom stereocenters. The molecule has 1 aromatic carbocycles. The van der Waals surface area contributed by atoms with Gasteiger partial charge in [0.05, 0.1) is 23.9 Å². The van der Waals surface area contributed by atoms with Gasteiger partial charge >= 0.3 is 11.9 Å². The molecule has 37 heavy (non-hydrogen) atoms. The first-order valence-electron chi connectivity index (χ1n) is 12.7. The lowest BCUT2D eigenvalue weighted by Crippen LogP contribution is -2.32. The van der Waals surface area contributed by atoms with E-state index in [1.807, 2.05) is 13.8 Å². The number of fused-ring (bicyclic) bond motifs is 1. The van der Waals surface area contributed by atoms with Crippen LogP contribution in [0.1, 0.15) is 81.6 Å². The first-order valence-corrected chi connectivity index (χ1v) is 13.5. The number of aromatic amines is 1. The van der Waals surface area contributed by atoms with Crippen LogP contribution in [0.5, 0.6) is 0 Å². The largest absolute Gasteiger partial charge is 0.465 e. The van der Waals surface area contributed by atoms with Crippen molar-refractivity contribution in [2.24, 2.45) is 0 Å². The summed E-state index contributed by atoms with van der Waals surface area (Å²) in [4.78, 5) is 47.4. The first-order chi connectivity index (χ1) is 17.8. The second-order valence-corrected chi connectivity index (χ2v) is 10.4. The minimum Gasteiger partial charge on any atom is -0.465 e. The molecule has 1 aliphatic rings. The Balaban J connectivity index is 1.48. The van der Waals surface area contributed by atoms with E-state index < -0.39 is 23.9 Å². The third-order valence-electron chi connectivity index (χ3n) is 6.73. The van der Waals surface area contributed by atoms with Gasteiger partial charge in [0.2, 0.25) is 0 Å². The van der Waals surface area contributed by atoms with Crippen molar-refractivity contribution >= 4 is 34.2 Å². The number of aromatic nitrogens is 2. The maximum absolute atomic E-state index is 13.1. The van der Waals surface area contributed by atoms with Crippen LogP contribution in [0.15, 0.2) is 24.3 Å². The van der Waals surface area contributed by atoms with E-state index in [-0.39, 0.29) is 0 Å². The molecule has 196 valence electrons. The molecule has 0 saturated heterocycles. The Kier molecular flexibility index (Phi) is 8.43. The highest BCUT2D eigenvalue weighted by atomic mass is 32.1. The van der Waals surface area contributed by atoms with Gasteiger partial charge in [-0.05, 0) is 63.6 Å². The van der Waals surface area contributed by atoms with Crippen LogP contribution in [0.2, 0.25) is 0 Å². The number of esters is 2. The van der Waals surface area contributed by atoms with Gasteiger partial charge in [-0.25, -0.2) is 14.6 Å². The number of hydrogen-bond donors (Lipinski definition) is 2. The average molecular weight is 524 g/mol. The van der Waals surface area contributed by atoms with E-state index in [4.69, 9.17) is 9.47 Å². The Morgan fingerprint density at radius 1 is 1.05 bits per heavy atom. The van der Waals surface area contributed by atoms with Crippen LogP contribution in [0.25, 0.3) is 11.4 Å². The molecule has 3 aromatic rings. The molecule has 2 aromatic heterocycles. The fourth-order valence-electron chi connectivity index (χ4n) is 4.49. The first kappa shape index (κ1) is 26.6. The normalized spacial score (nSPS) is 14.2. The molecular weight excluding hydrogens is 490 g/mol. The molecule has 2 N–H and O–H groups in total. The van der Waals surface area contributed by atoms with Crippen molar-refractivity contribution in [1.82, 2.24) is 9.97 Å². The number of benzene rings is 1. The van der Waals surface area contributed by atoms with Crippen molar-refractivity contribution in [3.8, 4) is 11.4 Å². The van der Waals surface area contributed by atoms with Crippen molar-refractivity contribution in [2.45, 2.75) is 71.8 Å². The molecular formula is C28H33N3O5S. The number of aryl methyl sites for hydroxylation is 3. The van der Waals surface area contributed by atoms with Crippen LogP contribution in [-0.4, -0.2) is 41.0 Å². The average Bonchev–Trinajstić information content (AvgIpc) is 3.39. The minimum atomic E-state index is -1.00. The molecule has 9 heteroatoms. The zero-order valence-corrected chi connectivity index (χ0v) is 22.5. The van der Waals surface area contributed by atoms with E-state index in [9.17, 15) is 14.4 Å². The van der Waals surface area contributed by atoms with Gasteiger partial charge in [0.25, 0.3) is 5.91 Å². The smallest absolute Gasteiger partial charge is 0.341 e. The molecule has 0 bridgehead atoms. The van der Waals surface area contributed by atoms with Crippen LogP contribution in [0.3, 0.4) is 0 Å². The number of H-pyrrole nitrogens is 1. The zero-order valence-electron chi connectivity index (χ0n) is 21.7. The number of thiophene rings is 1. The van der Waals surface area contributed by atoms with E-state index in [0.29, 0.717) is 22.5 Å². The number of rotatable bonds is 7. The summed E-state index contributed by atoms with van der Waals surface area (Å²) in [6.45, 7) is 5.66. The highest BCUT2D eigenvalue weighted by molar-refractivity contribution is 7.17. The maximum Gasteiger partial charge on any atom is 0.341 e. The summed E-state index contributed by atoms with van der Waals surface area (Å²) in [6, 6.07) is 6.90. The van der Waals surface area contributed by atoms with Crippen molar-refractivity contribution in [3.63, 3.8) is 0 Å². The topological polar surface area (TPSA) is 110 Å². The zero-order chi connectivity index (χ0) is 26.5. The molecule has 1 aliphatic carbocycles. The van der Waals surface area contributed by atoms with E-state index in [1.165, 1.54) is 18.4 Å². The van der Waals surface area contributed by atoms with Crippen LogP contribution in [-0.2, 0) is 27.1 Å². The summed E-state index contributed by atoms with van der Waals surface area (Å²) in [5.74, 6) is -0.784. The molecule has 0 saturated carbocycles. The molecule has 0 spiro atoms. The number of nitrogens with one attached hydrogen (secondary N) is 2. The Labute approximate surface area is 220 Å². The van der Waals surface area contributed by atoms with Crippen molar-refractivity contribution in [1.29, 1.82) is 0 Å². The number of hydrogen-bond acceptors (Lipinski definition) is 7. The lowest BCUT2D eigenvalue weighted by molar-refractivity contribution is -0.124. The summed E-state index contributed by atoms with van der Waals surface area (Å²) in [5, 5.41) is 3.32. The molecule has 1 amide bonds. The standard InChI is InChI=1S/C28H33N3O5S/c1-5-21(36-27(33)19-14-12-18(13-15-19)24-29-16(2)17(3)30-24)25(32)31-26-23(28(34)35-4)20-10-8-6-7-9-11-22(20)37-26/h12-15,21H,5-11H2,1-4H3,(H,29,30)(H,31,32). The molecule has 4 rings (SSSR count). The summed E-state index contributed by atoms with van der Waals surface area (Å²) >= 11 is 1.42. The van der Waals surface area contributed by atoms with E-state index in [0.717, 1.165) is 71.7 Å². The van der Waals surface area contributed by atoms with Gasteiger partial charge in [-0.3, -0.25) is 4.79 Å². The molecule has 1 unspecified atom stereocenters. The van der Waals surface area contributed by atoms with Gasteiger partial charge in [0, 0.05) is 16.1 Å². The van der Waals surface area contributed by atoms with Gasteiger partial charge < -0.3 is 19.8 Å². The highest BCUT2D eigenvalue weighted by Gasteiger charge is 2.29. The van der Waals surface area contributed by atoms with Crippen LogP contribution in [0.4, 0.5) is 5.00 Å². The Hall–Kier alpha value is -3.46. The van der Waals surface area contributed by atoms with Gasteiger partial charge in [0.15, 0.2) is 6.10 Å². The van der Waals surface area contributed by atoms with Gasteiger partial charge in [-0.2, -0.15) is 0 Å². The fraction of sp³-hybridized carbons (Fsp3) is 0.429. The molecule has 0 fully saturated rings. The second kappa shape index (κ2) is 11.7. The summed E-state index contributed by atoms with van der Waals surface area (Å²) in [7, 11) is 1.34. The maximum atomic E-state index is 13.1. The SMILES string of the molecule is CCC(OC(=O)c1ccc(-c2nc(C)c(C)[nH]2)cc1)C(=O)Nc1sc2c(c1C(=O)OC)CCCCCC2. The van der Waals surface area contributed by atoms with Crippen LogP contribution in [0, 0.1) is 13.8 Å². The molecule has 8 nitrogen and oxygen atoms in total. The number of carbonyl (C=O) groups is 3. The molecule has 0 radical (unpaired) electrons. The predicted molar refractivity (Wildman–Crippen MR) is 143 cm³/mol. The summed E-state index contributed by atoms with van der Waals surface area (Å²) in [5.41, 5.74) is 4.49. The van der Waals surface area contributed by atoms with Crippen LogP contribution < -0.4 is 5.32 Å². The monoisotopic (exact) mass is 523 g/mol. The van der Waals surface area contributed by atoms with Crippen LogP contribution >= 0.6 is 11.3 Å². The number of imidazole rings is 1. The number of methoxy groups -OCH3 is 1. The number of carbonyl (C=O) groups excluding carboxylic acids is 3. The van der Waals surface area contributed by atoms with Crippen molar-refractivity contribution < 1.29 is 23.9 Å². The third kappa shape index (κ3) is 5.93. The highest BCUT2D eigenvalue weighted by Crippen LogP contribution is 2.37. The lowest BCUT2D eigenvalue weighted by atomic mass is 9.96. The lowest BCUT2D eigenvalue weighted by Gasteiger charge is -2.16. The summed E-state index contributed by atoms with van der Waals surface area (Å²) < 4.78 is 10.6. The number of anilines is 1. The van der Waals surface area contributed by atoms with E-state index >= 15 is 0 Å². The minimum absolute atomic E-state index is 0.291. The number of amides is 1. The third-order valence-corrected chi connectivity index (χ3v) is 7.94. The predicted octanol–water partition coefficient (Wildman–Crippen LogP) is 5.77. The number of nitrogens with zero attached hydrogens (tertiary/aromatic N) is 1. The van der Waals surface area contributed by atoms with Crippen molar-refractivity contribution in [2.75, 3.05) is 12.4 Å². The van der Waals surface area contributed by atoms with Gasteiger partial charge in [-0.1, -0.05) is 31.9 Å². The second-order valence-electron chi connectivity index (χ2n) is 9.28. The summed E-state index contributed by atoms with van der Waals surface area (Å²) in [6.07, 6.45) is 5.26. The van der Waals surface area contributed by atoms with Crippen molar-refractivity contribution in [3.05, 3.63) is 57.2 Å². The molecule has 2 heterocycles. The van der Waals surface area contributed by atoms with E-state index in [1.54, 1.807) is 31.2 Å². The fourth-order valence-corrected chi connectivity index (χ4v) is 5.77. The van der Waals surface area contributed by atoms with E-state index in [2.05, 4.69) is 15.3 Å².